The van der Waals surface area contributed by atoms with E-state index >= 15 is 0 Å². The molecule has 2 atom stereocenters. The first-order valence-electron chi connectivity index (χ1n) is 24.1. The second-order valence-corrected chi connectivity index (χ2v) is 19.4. The molecule has 0 spiro atoms. The minimum atomic E-state index is -0.892. The van der Waals surface area contributed by atoms with Crippen molar-refractivity contribution in [2.45, 2.75) is 213 Å². The van der Waals surface area contributed by atoms with Gasteiger partial charge < -0.3 is 30.2 Å². The summed E-state index contributed by atoms with van der Waals surface area (Å²) in [7, 11) is 0. The molecule has 0 saturated heterocycles. The van der Waals surface area contributed by atoms with Crippen molar-refractivity contribution in [1.29, 1.82) is 0 Å². The van der Waals surface area contributed by atoms with Crippen LogP contribution in [0.25, 0.3) is 11.1 Å². The molecule has 0 heterocycles. The van der Waals surface area contributed by atoms with Crippen LogP contribution in [0.2, 0.25) is 0 Å². The summed E-state index contributed by atoms with van der Waals surface area (Å²) >= 11 is 0. The number of ether oxygens (including phenoxy) is 3. The molecular weight excluding hydrogens is 795 g/mol. The molecule has 2 aromatic rings. The molecule has 2 aromatic carbocycles. The first kappa shape index (κ1) is 52.9. The number of benzene rings is 2. The Morgan fingerprint density at radius 1 is 0.556 bits per heavy atom. The van der Waals surface area contributed by atoms with Crippen LogP contribution in [0, 0.1) is 0 Å². The number of rotatable bonds is 30. The summed E-state index contributed by atoms with van der Waals surface area (Å²) in [6.45, 7) is 13.7. The molecule has 3 N–H and O–H groups in total. The second-order valence-electron chi connectivity index (χ2n) is 19.4. The number of fused-ring (bicyclic) bond motifs is 3. The lowest BCUT2D eigenvalue weighted by Crippen LogP contribution is -2.44. The molecule has 0 fully saturated rings. The Morgan fingerprint density at radius 3 is 1.57 bits per heavy atom. The molecular formula is C52H81N3O8. The lowest BCUT2D eigenvalue weighted by Gasteiger charge is -2.24. The standard InChI is InChI=1S/C52H81N3O8/c1-39(54-50(60)61-38-44-42-31-24-22-29-40(42)41-30-23-25-32-43(41)44)28-26-27-37-53-46(56)36-35-45(49(59)63-52(5,6)7)55-47(57)33-20-18-16-14-12-10-8-9-11-13-15-17-19-21-34-48(58)62-51(2,3)4/h22-25,29-32,39,44-45H,8-21,26-28,33-38H2,1-7H3,(H,53,56)(H,54,60)(H,55,57). The number of nitrogens with one attached hydrogen (secondary N) is 3. The largest absolute Gasteiger partial charge is 0.460 e. The van der Waals surface area contributed by atoms with E-state index in [4.69, 9.17) is 14.2 Å². The minimum absolute atomic E-state index is 0.00769. The third-order valence-electron chi connectivity index (χ3n) is 11.2. The van der Waals surface area contributed by atoms with Gasteiger partial charge in [-0.3, -0.25) is 14.4 Å². The maximum absolute atomic E-state index is 13.0. The van der Waals surface area contributed by atoms with E-state index in [2.05, 4.69) is 40.2 Å². The average Bonchev–Trinajstić information content (AvgIpc) is 3.53. The van der Waals surface area contributed by atoms with Gasteiger partial charge in [0.05, 0.1) is 0 Å². The normalized spacial score (nSPS) is 13.3. The van der Waals surface area contributed by atoms with Gasteiger partial charge >= 0.3 is 18.0 Å². The summed E-state index contributed by atoms with van der Waals surface area (Å²) in [4.78, 5) is 63.0. The number of hydrogen-bond donors (Lipinski definition) is 3. The molecule has 11 nitrogen and oxygen atoms in total. The fourth-order valence-electron chi connectivity index (χ4n) is 8.04. The number of carbonyl (C=O) groups excluding carboxylic acids is 5. The van der Waals surface area contributed by atoms with Gasteiger partial charge in [0.2, 0.25) is 11.8 Å². The molecule has 3 amide bonds. The monoisotopic (exact) mass is 876 g/mol. The van der Waals surface area contributed by atoms with Crippen molar-refractivity contribution in [3.05, 3.63) is 59.7 Å². The molecule has 0 aromatic heterocycles. The van der Waals surface area contributed by atoms with Crippen molar-refractivity contribution in [3.8, 4) is 11.1 Å². The van der Waals surface area contributed by atoms with Gasteiger partial charge in [-0.25, -0.2) is 9.59 Å². The van der Waals surface area contributed by atoms with E-state index in [0.29, 0.717) is 19.4 Å². The van der Waals surface area contributed by atoms with Gasteiger partial charge in [-0.2, -0.15) is 0 Å². The Labute approximate surface area is 379 Å². The van der Waals surface area contributed by atoms with Gasteiger partial charge in [0.1, 0.15) is 23.9 Å². The van der Waals surface area contributed by atoms with E-state index in [1.54, 1.807) is 20.8 Å². The minimum Gasteiger partial charge on any atom is -0.460 e. The fraction of sp³-hybridized carbons (Fsp3) is 0.673. The van der Waals surface area contributed by atoms with Gasteiger partial charge in [0.25, 0.3) is 0 Å². The first-order valence-corrected chi connectivity index (χ1v) is 24.1. The van der Waals surface area contributed by atoms with Crippen molar-refractivity contribution in [3.63, 3.8) is 0 Å². The Kier molecular flexibility index (Phi) is 23.9. The number of hydrogen-bond acceptors (Lipinski definition) is 8. The molecule has 0 radical (unpaired) electrons. The molecule has 0 bridgehead atoms. The Balaban J connectivity index is 1.20. The quantitative estimate of drug-likeness (QED) is 0.0399. The van der Waals surface area contributed by atoms with Crippen LogP contribution in [0.4, 0.5) is 4.79 Å². The van der Waals surface area contributed by atoms with Gasteiger partial charge in [0, 0.05) is 37.8 Å². The van der Waals surface area contributed by atoms with E-state index in [1.165, 1.54) is 73.6 Å². The summed E-state index contributed by atoms with van der Waals surface area (Å²) < 4.78 is 16.6. The van der Waals surface area contributed by atoms with Gasteiger partial charge in [-0.15, -0.1) is 0 Å². The molecule has 11 heteroatoms. The number of esters is 2. The molecule has 0 aliphatic heterocycles. The molecule has 0 saturated carbocycles. The van der Waals surface area contributed by atoms with Gasteiger partial charge in [-0.05, 0) is 109 Å². The maximum atomic E-state index is 13.0. The Morgan fingerprint density at radius 2 is 1.05 bits per heavy atom. The summed E-state index contributed by atoms with van der Waals surface area (Å²) in [6.07, 6.45) is 18.8. The second kappa shape index (κ2) is 28.4. The van der Waals surface area contributed by atoms with Crippen LogP contribution in [0.3, 0.4) is 0 Å². The number of amides is 3. The van der Waals surface area contributed by atoms with E-state index in [1.807, 2.05) is 52.0 Å². The molecule has 3 rings (SSSR count). The van der Waals surface area contributed by atoms with Crippen molar-refractivity contribution in [1.82, 2.24) is 16.0 Å². The molecule has 2 unspecified atom stereocenters. The van der Waals surface area contributed by atoms with Crippen LogP contribution < -0.4 is 16.0 Å². The zero-order valence-electron chi connectivity index (χ0n) is 39.9. The van der Waals surface area contributed by atoms with Crippen molar-refractivity contribution in [2.75, 3.05) is 13.2 Å². The van der Waals surface area contributed by atoms with Crippen LogP contribution in [-0.4, -0.2) is 66.3 Å². The predicted octanol–water partition coefficient (Wildman–Crippen LogP) is 11.4. The molecule has 352 valence electrons. The third kappa shape index (κ3) is 22.7. The van der Waals surface area contributed by atoms with Crippen molar-refractivity contribution < 1.29 is 38.2 Å². The summed E-state index contributed by atoms with van der Waals surface area (Å²) in [5.74, 6) is -1.00. The lowest BCUT2D eigenvalue weighted by molar-refractivity contribution is -0.159. The van der Waals surface area contributed by atoms with Gasteiger partial charge in [0.15, 0.2) is 0 Å². The summed E-state index contributed by atoms with van der Waals surface area (Å²) in [5, 5.41) is 8.70. The highest BCUT2D eigenvalue weighted by Gasteiger charge is 2.30. The van der Waals surface area contributed by atoms with E-state index in [0.717, 1.165) is 57.8 Å². The third-order valence-corrected chi connectivity index (χ3v) is 11.2. The van der Waals surface area contributed by atoms with Gasteiger partial charge in [-0.1, -0.05) is 126 Å². The Bertz CT molecular complexity index is 1650. The number of unbranched alkanes of at least 4 members (excludes halogenated alkanes) is 14. The van der Waals surface area contributed by atoms with Crippen LogP contribution >= 0.6 is 0 Å². The van der Waals surface area contributed by atoms with Crippen LogP contribution in [0.1, 0.15) is 200 Å². The highest BCUT2D eigenvalue weighted by molar-refractivity contribution is 5.85. The smallest absolute Gasteiger partial charge is 0.407 e. The summed E-state index contributed by atoms with van der Waals surface area (Å²) in [6, 6.07) is 15.5. The summed E-state index contributed by atoms with van der Waals surface area (Å²) in [5.41, 5.74) is 3.60. The maximum Gasteiger partial charge on any atom is 0.407 e. The molecule has 1 aliphatic rings. The number of carbonyl (C=O) groups is 5. The van der Waals surface area contributed by atoms with Crippen LogP contribution in [0.15, 0.2) is 48.5 Å². The van der Waals surface area contributed by atoms with E-state index in [9.17, 15) is 24.0 Å². The highest BCUT2D eigenvalue weighted by atomic mass is 16.6. The van der Waals surface area contributed by atoms with Crippen LogP contribution in [0.5, 0.6) is 0 Å². The van der Waals surface area contributed by atoms with Crippen molar-refractivity contribution >= 4 is 29.8 Å². The van der Waals surface area contributed by atoms with Crippen LogP contribution in [-0.2, 0) is 33.4 Å². The van der Waals surface area contributed by atoms with E-state index < -0.39 is 29.3 Å². The average molecular weight is 876 g/mol. The molecule has 1 aliphatic carbocycles. The predicted molar refractivity (Wildman–Crippen MR) is 251 cm³/mol. The number of alkyl carbamates (subject to hydrolysis) is 1. The fourth-order valence-corrected chi connectivity index (χ4v) is 8.04. The topological polar surface area (TPSA) is 149 Å². The zero-order valence-corrected chi connectivity index (χ0v) is 39.9. The van der Waals surface area contributed by atoms with Crippen molar-refractivity contribution in [2.24, 2.45) is 0 Å². The zero-order chi connectivity index (χ0) is 46.1. The molecule has 63 heavy (non-hydrogen) atoms. The Hall–Kier alpha value is -4.41. The first-order chi connectivity index (χ1) is 30.0. The van der Waals surface area contributed by atoms with E-state index in [-0.39, 0.29) is 49.2 Å². The highest BCUT2D eigenvalue weighted by Crippen LogP contribution is 2.44. The lowest BCUT2D eigenvalue weighted by atomic mass is 9.98. The SMILES string of the molecule is CC(CCCCNC(=O)CCC(NC(=O)CCCCCCCCCCCCCCCCC(=O)OC(C)(C)C)C(=O)OC(C)(C)C)NC(=O)OCC1c2ccccc2-c2ccccc21.